The summed E-state index contributed by atoms with van der Waals surface area (Å²) < 4.78 is 0. The third-order valence-corrected chi connectivity index (χ3v) is 1.83. The fraction of sp³-hybridized carbons (Fsp3) is 0.364. The zero-order valence-corrected chi connectivity index (χ0v) is 7.52. The molecule has 1 aromatic carbocycles. The second-order valence-corrected chi connectivity index (χ2v) is 3.91. The minimum Gasteiger partial charge on any atom is -0.0620 e. The molecule has 0 fully saturated rings. The summed E-state index contributed by atoms with van der Waals surface area (Å²) in [7, 11) is 0. The Kier molecular flexibility index (Phi) is 2.03. The van der Waals surface area contributed by atoms with Crippen molar-refractivity contribution in [2.45, 2.75) is 26.2 Å². The lowest BCUT2D eigenvalue weighted by Gasteiger charge is -2.20. The van der Waals surface area contributed by atoms with Gasteiger partial charge in [-0.1, -0.05) is 45.0 Å². The molecule has 0 saturated carbocycles. The van der Waals surface area contributed by atoms with Crippen molar-refractivity contribution >= 4 is 0 Å². The van der Waals surface area contributed by atoms with Crippen molar-refractivity contribution in [3.05, 3.63) is 42.3 Å². The van der Waals surface area contributed by atoms with Crippen molar-refractivity contribution in [1.82, 2.24) is 0 Å². The van der Waals surface area contributed by atoms with E-state index in [1.54, 1.807) is 0 Å². The first kappa shape index (κ1) is 8.32. The monoisotopic (exact) mass is 147 g/mol. The molecule has 0 unspecified atom stereocenters. The van der Waals surface area contributed by atoms with E-state index in [0.29, 0.717) is 0 Å². The van der Waals surface area contributed by atoms with Gasteiger partial charge in [-0.15, -0.1) is 0 Å². The summed E-state index contributed by atoms with van der Waals surface area (Å²) in [5, 5.41) is 0. The standard InChI is InChI=1S/C11H15/c1-9-7-5-6-8-10(9)11(2,3)4/h5-8H,1H2,2-4H3. The average molecular weight is 147 g/mol. The van der Waals surface area contributed by atoms with Crippen LogP contribution in [-0.2, 0) is 5.41 Å². The van der Waals surface area contributed by atoms with Crippen LogP contribution in [0.25, 0.3) is 0 Å². The van der Waals surface area contributed by atoms with Gasteiger partial charge in [0.1, 0.15) is 0 Å². The molecule has 1 aromatic rings. The Bertz CT molecular complexity index is 240. The van der Waals surface area contributed by atoms with Crippen molar-refractivity contribution in [3.8, 4) is 0 Å². The van der Waals surface area contributed by atoms with E-state index < -0.39 is 0 Å². The van der Waals surface area contributed by atoms with Crippen molar-refractivity contribution in [2.24, 2.45) is 0 Å². The fourth-order valence-corrected chi connectivity index (χ4v) is 1.25. The van der Waals surface area contributed by atoms with Crippen LogP contribution in [0.5, 0.6) is 0 Å². The Morgan fingerprint density at radius 2 is 1.64 bits per heavy atom. The number of hydrogen-bond acceptors (Lipinski definition) is 0. The molecule has 0 heteroatoms. The van der Waals surface area contributed by atoms with Gasteiger partial charge >= 0.3 is 0 Å². The molecular formula is C11H15. The molecule has 11 heavy (non-hydrogen) atoms. The van der Waals surface area contributed by atoms with Gasteiger partial charge in [0.05, 0.1) is 0 Å². The Hall–Kier alpha value is -0.780. The largest absolute Gasteiger partial charge is 0.0620 e. The highest BCUT2D eigenvalue weighted by molar-refractivity contribution is 5.34. The van der Waals surface area contributed by atoms with E-state index in [0.717, 1.165) is 5.56 Å². The second kappa shape index (κ2) is 2.69. The molecule has 0 aliphatic heterocycles. The van der Waals surface area contributed by atoms with E-state index in [1.807, 2.05) is 6.07 Å². The van der Waals surface area contributed by atoms with E-state index in [-0.39, 0.29) is 5.41 Å². The SMILES string of the molecule is [CH2]c1ccccc1C(C)(C)C. The van der Waals surface area contributed by atoms with Crippen LogP contribution in [0.2, 0.25) is 0 Å². The molecule has 0 amide bonds. The van der Waals surface area contributed by atoms with Gasteiger partial charge in [0, 0.05) is 0 Å². The molecule has 0 aliphatic rings. The normalized spacial score (nSPS) is 11.6. The highest BCUT2D eigenvalue weighted by atomic mass is 14.2. The predicted molar refractivity (Wildman–Crippen MR) is 49.6 cm³/mol. The summed E-state index contributed by atoms with van der Waals surface area (Å²) in [6.07, 6.45) is 0. The summed E-state index contributed by atoms with van der Waals surface area (Å²) in [6.45, 7) is 10.6. The topological polar surface area (TPSA) is 0 Å². The Morgan fingerprint density at radius 3 is 2.00 bits per heavy atom. The van der Waals surface area contributed by atoms with Gasteiger partial charge in [0.25, 0.3) is 0 Å². The summed E-state index contributed by atoms with van der Waals surface area (Å²) in [6, 6.07) is 8.29. The van der Waals surface area contributed by atoms with E-state index in [1.165, 1.54) is 5.56 Å². The molecule has 0 aliphatic carbocycles. The first-order valence-corrected chi connectivity index (χ1v) is 3.93. The van der Waals surface area contributed by atoms with Crippen molar-refractivity contribution < 1.29 is 0 Å². The van der Waals surface area contributed by atoms with Gasteiger partial charge in [-0.3, -0.25) is 0 Å². The quantitative estimate of drug-likeness (QED) is 0.528. The van der Waals surface area contributed by atoms with E-state index in [9.17, 15) is 0 Å². The van der Waals surface area contributed by atoms with Gasteiger partial charge in [-0.25, -0.2) is 0 Å². The lowest BCUT2D eigenvalue weighted by Crippen LogP contribution is -2.12. The van der Waals surface area contributed by atoms with Crippen molar-refractivity contribution in [1.29, 1.82) is 0 Å². The lowest BCUT2D eigenvalue weighted by atomic mass is 9.84. The zero-order chi connectivity index (χ0) is 8.48. The van der Waals surface area contributed by atoms with E-state index >= 15 is 0 Å². The smallest absolute Gasteiger partial charge is 0.0129 e. The average Bonchev–Trinajstić information content (AvgIpc) is 1.86. The number of benzene rings is 1. The summed E-state index contributed by atoms with van der Waals surface area (Å²) in [5.41, 5.74) is 2.69. The van der Waals surface area contributed by atoms with Crippen LogP contribution in [-0.4, -0.2) is 0 Å². The number of rotatable bonds is 0. The maximum atomic E-state index is 3.99. The van der Waals surface area contributed by atoms with Crippen LogP contribution in [0.4, 0.5) is 0 Å². The first-order valence-electron chi connectivity index (χ1n) is 3.93. The first-order chi connectivity index (χ1) is 5.02. The summed E-state index contributed by atoms with van der Waals surface area (Å²) >= 11 is 0. The fourth-order valence-electron chi connectivity index (χ4n) is 1.25. The third kappa shape index (κ3) is 1.83. The maximum absolute atomic E-state index is 3.99. The molecule has 0 N–H and O–H groups in total. The molecule has 1 rings (SSSR count). The Morgan fingerprint density at radius 1 is 1.09 bits per heavy atom. The van der Waals surface area contributed by atoms with Gasteiger partial charge in [0.15, 0.2) is 0 Å². The van der Waals surface area contributed by atoms with Crippen LogP contribution in [0, 0.1) is 6.92 Å². The van der Waals surface area contributed by atoms with Gasteiger partial charge in [-0.2, -0.15) is 0 Å². The van der Waals surface area contributed by atoms with Crippen LogP contribution < -0.4 is 0 Å². The molecule has 0 spiro atoms. The van der Waals surface area contributed by atoms with Gasteiger partial charge < -0.3 is 0 Å². The third-order valence-electron chi connectivity index (χ3n) is 1.83. The molecule has 0 bridgehead atoms. The number of hydrogen-bond donors (Lipinski definition) is 0. The van der Waals surface area contributed by atoms with Gasteiger partial charge in [-0.05, 0) is 23.5 Å². The molecule has 0 atom stereocenters. The zero-order valence-electron chi connectivity index (χ0n) is 7.52. The predicted octanol–water partition coefficient (Wildman–Crippen LogP) is 3.17. The molecule has 0 aromatic heterocycles. The van der Waals surface area contributed by atoms with Crippen LogP contribution >= 0.6 is 0 Å². The van der Waals surface area contributed by atoms with Crippen LogP contribution in [0.3, 0.4) is 0 Å². The van der Waals surface area contributed by atoms with E-state index in [2.05, 4.69) is 45.9 Å². The minimum absolute atomic E-state index is 0.221. The molecule has 1 radical (unpaired) electrons. The van der Waals surface area contributed by atoms with Gasteiger partial charge in [0.2, 0.25) is 0 Å². The highest BCUT2D eigenvalue weighted by Crippen LogP contribution is 2.24. The molecule has 0 nitrogen and oxygen atoms in total. The minimum atomic E-state index is 0.221. The maximum Gasteiger partial charge on any atom is -0.0129 e. The molecule has 0 heterocycles. The highest BCUT2D eigenvalue weighted by Gasteiger charge is 2.14. The summed E-state index contributed by atoms with van der Waals surface area (Å²) in [4.78, 5) is 0. The lowest BCUT2D eigenvalue weighted by molar-refractivity contribution is 0.588. The second-order valence-electron chi connectivity index (χ2n) is 3.91. The van der Waals surface area contributed by atoms with Crippen LogP contribution in [0.1, 0.15) is 31.9 Å². The molecular weight excluding hydrogens is 132 g/mol. The van der Waals surface area contributed by atoms with Crippen molar-refractivity contribution in [2.75, 3.05) is 0 Å². The molecule has 0 saturated heterocycles. The van der Waals surface area contributed by atoms with Crippen molar-refractivity contribution in [3.63, 3.8) is 0 Å². The van der Waals surface area contributed by atoms with E-state index in [4.69, 9.17) is 0 Å². The summed E-state index contributed by atoms with van der Waals surface area (Å²) in [5.74, 6) is 0. The Balaban J connectivity index is 3.14. The van der Waals surface area contributed by atoms with Crippen LogP contribution in [0.15, 0.2) is 24.3 Å². The Labute approximate surface area is 69.3 Å². The molecule has 59 valence electrons.